The van der Waals surface area contributed by atoms with Crippen molar-refractivity contribution >= 4 is 16.7 Å². The number of hydrogen-bond acceptors (Lipinski definition) is 4. The van der Waals surface area contributed by atoms with Crippen LogP contribution in [-0.2, 0) is 6.67 Å². The van der Waals surface area contributed by atoms with E-state index < -0.39 is 0 Å². The molecule has 0 saturated heterocycles. The molecule has 120 valence electrons. The van der Waals surface area contributed by atoms with Gasteiger partial charge in [0.1, 0.15) is 17.9 Å². The molecule has 2 aromatic carbocycles. The fourth-order valence-electron chi connectivity index (χ4n) is 2.41. The zero-order chi connectivity index (χ0) is 15.9. The van der Waals surface area contributed by atoms with Gasteiger partial charge >= 0.3 is 0 Å². The summed E-state index contributed by atoms with van der Waals surface area (Å²) in [6.45, 7) is 3.56. The molecule has 0 aliphatic rings. The molecule has 23 heavy (non-hydrogen) atoms. The smallest absolute Gasteiger partial charge is 0.119 e. The first kappa shape index (κ1) is 15.3. The molecule has 0 unspecified atom stereocenters. The molecule has 3 aromatic rings. The Morgan fingerprint density at radius 3 is 2.70 bits per heavy atom. The summed E-state index contributed by atoms with van der Waals surface area (Å²) in [6, 6.07) is 16.0. The van der Waals surface area contributed by atoms with Crippen LogP contribution in [0.25, 0.3) is 11.0 Å². The van der Waals surface area contributed by atoms with E-state index in [-0.39, 0.29) is 0 Å². The number of nitrogens with zero attached hydrogens (tertiary/aromatic N) is 3. The molecule has 0 bridgehead atoms. The number of rotatable bonds is 8. The average Bonchev–Trinajstić information content (AvgIpc) is 3.01. The van der Waals surface area contributed by atoms with Gasteiger partial charge in [0.2, 0.25) is 0 Å². The van der Waals surface area contributed by atoms with Crippen LogP contribution >= 0.6 is 0 Å². The molecule has 0 radical (unpaired) electrons. The normalized spacial score (nSPS) is 10.8. The highest BCUT2D eigenvalue weighted by Crippen LogP contribution is 2.17. The molecule has 0 aliphatic carbocycles. The van der Waals surface area contributed by atoms with Gasteiger partial charge in [0.25, 0.3) is 0 Å². The summed E-state index contributed by atoms with van der Waals surface area (Å²) in [5.41, 5.74) is 2.96. The van der Waals surface area contributed by atoms with Crippen molar-refractivity contribution in [3.8, 4) is 5.75 Å². The lowest BCUT2D eigenvalue weighted by molar-refractivity contribution is 0.306. The van der Waals surface area contributed by atoms with Crippen LogP contribution in [0.2, 0.25) is 0 Å². The molecular formula is C18H22N4O. The minimum atomic E-state index is 0.581. The standard InChI is InChI=1S/C18H22N4O/c1-2-3-6-13-23-16-11-9-15(10-12-16)19-14-22-18-8-5-4-7-17(18)20-21-22/h4-5,7-12,19H,2-3,6,13-14H2,1H3. The zero-order valence-corrected chi connectivity index (χ0v) is 13.4. The monoisotopic (exact) mass is 310 g/mol. The lowest BCUT2D eigenvalue weighted by Gasteiger charge is -2.09. The molecule has 0 aliphatic heterocycles. The molecule has 5 heteroatoms. The number of hydrogen-bond donors (Lipinski definition) is 1. The molecule has 5 nitrogen and oxygen atoms in total. The third kappa shape index (κ3) is 4.00. The molecule has 1 heterocycles. The van der Waals surface area contributed by atoms with Gasteiger partial charge in [-0.2, -0.15) is 0 Å². The highest BCUT2D eigenvalue weighted by atomic mass is 16.5. The summed E-state index contributed by atoms with van der Waals surface area (Å²) in [5, 5.41) is 11.7. The van der Waals surface area contributed by atoms with Crippen LogP contribution in [0.3, 0.4) is 0 Å². The van der Waals surface area contributed by atoms with E-state index in [0.717, 1.165) is 35.5 Å². The van der Waals surface area contributed by atoms with Crippen LogP contribution in [0.5, 0.6) is 5.75 Å². The van der Waals surface area contributed by atoms with Gasteiger partial charge in [-0.1, -0.05) is 37.1 Å². The van der Waals surface area contributed by atoms with E-state index in [2.05, 4.69) is 22.6 Å². The number of anilines is 1. The van der Waals surface area contributed by atoms with E-state index in [1.807, 2.05) is 53.2 Å². The molecule has 0 atom stereocenters. The van der Waals surface area contributed by atoms with E-state index in [1.54, 1.807) is 0 Å². The summed E-state index contributed by atoms with van der Waals surface area (Å²) in [6.07, 6.45) is 3.53. The number of unbranched alkanes of at least 4 members (excludes halogenated alkanes) is 2. The Morgan fingerprint density at radius 2 is 1.87 bits per heavy atom. The fourth-order valence-corrected chi connectivity index (χ4v) is 2.41. The van der Waals surface area contributed by atoms with Gasteiger partial charge in [0.05, 0.1) is 12.1 Å². The second-order valence-corrected chi connectivity index (χ2v) is 5.49. The second kappa shape index (κ2) is 7.63. The highest BCUT2D eigenvalue weighted by molar-refractivity contribution is 5.73. The maximum absolute atomic E-state index is 5.72. The molecule has 0 fully saturated rings. The van der Waals surface area contributed by atoms with E-state index in [4.69, 9.17) is 4.74 Å². The number of para-hydroxylation sites is 1. The molecule has 3 rings (SSSR count). The van der Waals surface area contributed by atoms with Crippen molar-refractivity contribution in [3.05, 3.63) is 48.5 Å². The molecule has 0 spiro atoms. The lowest BCUT2D eigenvalue weighted by Crippen LogP contribution is -2.09. The van der Waals surface area contributed by atoms with Crippen LogP contribution in [0.1, 0.15) is 26.2 Å². The van der Waals surface area contributed by atoms with Gasteiger partial charge in [-0.3, -0.25) is 0 Å². The van der Waals surface area contributed by atoms with E-state index in [1.165, 1.54) is 12.8 Å². The zero-order valence-electron chi connectivity index (χ0n) is 13.4. The number of fused-ring (bicyclic) bond motifs is 1. The predicted octanol–water partition coefficient (Wildman–Crippen LogP) is 4.07. The maximum atomic E-state index is 5.72. The van der Waals surface area contributed by atoms with Gasteiger partial charge in [-0.25, -0.2) is 4.68 Å². The van der Waals surface area contributed by atoms with Crippen molar-refractivity contribution in [2.75, 3.05) is 11.9 Å². The second-order valence-electron chi connectivity index (χ2n) is 5.49. The molecule has 0 amide bonds. The lowest BCUT2D eigenvalue weighted by atomic mass is 10.2. The van der Waals surface area contributed by atoms with Crippen molar-refractivity contribution in [2.45, 2.75) is 32.9 Å². The van der Waals surface area contributed by atoms with Gasteiger partial charge in [0, 0.05) is 5.69 Å². The number of ether oxygens (including phenoxy) is 1. The van der Waals surface area contributed by atoms with Crippen molar-refractivity contribution in [1.82, 2.24) is 15.0 Å². The average molecular weight is 310 g/mol. The largest absolute Gasteiger partial charge is 0.494 e. The third-order valence-corrected chi connectivity index (χ3v) is 3.72. The van der Waals surface area contributed by atoms with E-state index >= 15 is 0 Å². The summed E-state index contributed by atoms with van der Waals surface area (Å²) < 4.78 is 7.57. The van der Waals surface area contributed by atoms with Crippen LogP contribution in [0, 0.1) is 0 Å². The topological polar surface area (TPSA) is 52.0 Å². The fraction of sp³-hybridized carbons (Fsp3) is 0.333. The van der Waals surface area contributed by atoms with Crippen molar-refractivity contribution in [1.29, 1.82) is 0 Å². The van der Waals surface area contributed by atoms with Crippen molar-refractivity contribution in [3.63, 3.8) is 0 Å². The van der Waals surface area contributed by atoms with Gasteiger partial charge in [-0.05, 0) is 42.8 Å². The number of aromatic nitrogens is 3. The summed E-state index contributed by atoms with van der Waals surface area (Å²) >= 11 is 0. The van der Waals surface area contributed by atoms with E-state index in [0.29, 0.717) is 6.67 Å². The summed E-state index contributed by atoms with van der Waals surface area (Å²) in [4.78, 5) is 0. The molecule has 0 saturated carbocycles. The maximum Gasteiger partial charge on any atom is 0.119 e. The van der Waals surface area contributed by atoms with Crippen LogP contribution < -0.4 is 10.1 Å². The van der Waals surface area contributed by atoms with Gasteiger partial charge < -0.3 is 10.1 Å². The first-order chi connectivity index (χ1) is 11.4. The molecule has 1 N–H and O–H groups in total. The Kier molecular flexibility index (Phi) is 5.09. The Labute approximate surface area is 136 Å². The third-order valence-electron chi connectivity index (χ3n) is 3.72. The highest BCUT2D eigenvalue weighted by Gasteiger charge is 2.02. The first-order valence-electron chi connectivity index (χ1n) is 8.12. The van der Waals surface area contributed by atoms with Gasteiger partial charge in [-0.15, -0.1) is 5.10 Å². The number of benzene rings is 2. The Morgan fingerprint density at radius 1 is 1.04 bits per heavy atom. The Balaban J connectivity index is 1.54. The Hall–Kier alpha value is -2.56. The van der Waals surface area contributed by atoms with Crippen LogP contribution in [0.4, 0.5) is 5.69 Å². The van der Waals surface area contributed by atoms with Crippen molar-refractivity contribution < 1.29 is 4.74 Å². The molecule has 1 aromatic heterocycles. The summed E-state index contributed by atoms with van der Waals surface area (Å²) in [7, 11) is 0. The number of nitrogens with one attached hydrogen (secondary N) is 1. The van der Waals surface area contributed by atoms with E-state index in [9.17, 15) is 0 Å². The first-order valence-corrected chi connectivity index (χ1v) is 8.12. The minimum Gasteiger partial charge on any atom is -0.494 e. The Bertz CT molecular complexity index is 736. The van der Waals surface area contributed by atoms with Gasteiger partial charge in [0.15, 0.2) is 0 Å². The summed E-state index contributed by atoms with van der Waals surface area (Å²) in [5.74, 6) is 0.915. The van der Waals surface area contributed by atoms with Crippen LogP contribution in [0.15, 0.2) is 48.5 Å². The van der Waals surface area contributed by atoms with Crippen molar-refractivity contribution in [2.24, 2.45) is 0 Å². The van der Waals surface area contributed by atoms with Crippen LogP contribution in [-0.4, -0.2) is 21.6 Å². The molecular weight excluding hydrogens is 288 g/mol. The predicted molar refractivity (Wildman–Crippen MR) is 92.6 cm³/mol. The quantitative estimate of drug-likeness (QED) is 0.637. The SMILES string of the molecule is CCCCCOc1ccc(NCn2nnc3ccccc32)cc1. The minimum absolute atomic E-state index is 0.581.